The Labute approximate surface area is 59.8 Å². The zero-order valence-electron chi connectivity index (χ0n) is 5.32. The normalized spacial score (nSPS) is 19.7. The summed E-state index contributed by atoms with van der Waals surface area (Å²) in [6, 6.07) is 0. The first kappa shape index (κ1) is 7.54. The summed E-state index contributed by atoms with van der Waals surface area (Å²) in [6.45, 7) is 0. The molecule has 1 rings (SSSR count). The molecular formula is C6H8O3S. The van der Waals surface area contributed by atoms with Crippen molar-refractivity contribution in [1.29, 1.82) is 0 Å². The van der Waals surface area contributed by atoms with Crippen LogP contribution in [-0.2, 0) is 10.1 Å². The quantitative estimate of drug-likeness (QED) is 0.455. The molecule has 0 amide bonds. The molecule has 1 aliphatic rings. The van der Waals surface area contributed by atoms with Gasteiger partial charge in [-0.2, -0.15) is 8.42 Å². The first-order valence-electron chi connectivity index (χ1n) is 2.96. The van der Waals surface area contributed by atoms with E-state index in [0.29, 0.717) is 12.8 Å². The summed E-state index contributed by atoms with van der Waals surface area (Å²) in [4.78, 5) is 0. The molecule has 3 nitrogen and oxygen atoms in total. The van der Waals surface area contributed by atoms with Crippen molar-refractivity contribution < 1.29 is 13.0 Å². The molecule has 0 heterocycles. The van der Waals surface area contributed by atoms with Crippen molar-refractivity contribution in [2.75, 3.05) is 0 Å². The molecule has 0 aromatic carbocycles. The third-order valence-corrected chi connectivity index (χ3v) is 2.65. The molecule has 0 aliphatic heterocycles. The van der Waals surface area contributed by atoms with Crippen LogP contribution in [0.3, 0.4) is 0 Å². The monoisotopic (exact) mass is 160 g/mol. The van der Waals surface area contributed by atoms with Crippen LogP contribution in [0.1, 0.15) is 12.8 Å². The van der Waals surface area contributed by atoms with Gasteiger partial charge in [0.1, 0.15) is 0 Å². The summed E-state index contributed by atoms with van der Waals surface area (Å²) >= 11 is 0. The molecule has 4 heteroatoms. The Morgan fingerprint density at radius 3 is 2.20 bits per heavy atom. The second kappa shape index (κ2) is 2.58. The maximum Gasteiger partial charge on any atom is 0.268 e. The Kier molecular flexibility index (Phi) is 1.94. The van der Waals surface area contributed by atoms with Crippen LogP contribution in [0.15, 0.2) is 17.9 Å². The van der Waals surface area contributed by atoms with Crippen LogP contribution < -0.4 is 0 Å². The van der Waals surface area contributed by atoms with Crippen LogP contribution >= 0.6 is 0 Å². The van der Waals surface area contributed by atoms with Crippen molar-refractivity contribution in [2.24, 2.45) is 0 Å². The fourth-order valence-electron chi connectivity index (χ4n) is 0.822. The van der Waals surface area contributed by atoms with Gasteiger partial charge in [-0.05, 0) is 25.0 Å². The van der Waals surface area contributed by atoms with Gasteiger partial charge >= 0.3 is 0 Å². The molecule has 0 saturated carbocycles. The first-order chi connectivity index (χ1) is 4.61. The predicted octanol–water partition coefficient (Wildman–Crippen LogP) is 0.748. The molecule has 0 spiro atoms. The smallest absolute Gasteiger partial charge is 0.268 e. The molecule has 1 aliphatic carbocycles. The highest BCUT2D eigenvalue weighted by Crippen LogP contribution is 2.12. The van der Waals surface area contributed by atoms with E-state index in [1.807, 2.05) is 0 Å². The van der Waals surface area contributed by atoms with E-state index in [1.54, 1.807) is 12.2 Å². The van der Waals surface area contributed by atoms with Gasteiger partial charge in [0.2, 0.25) is 0 Å². The minimum atomic E-state index is -3.83. The summed E-state index contributed by atoms with van der Waals surface area (Å²) in [7, 11) is -3.83. The van der Waals surface area contributed by atoms with Crippen LogP contribution in [0.5, 0.6) is 0 Å². The number of hydrogen-bond acceptors (Lipinski definition) is 2. The van der Waals surface area contributed by atoms with Gasteiger partial charge in [-0.1, -0.05) is 0 Å². The van der Waals surface area contributed by atoms with Gasteiger partial charge < -0.3 is 0 Å². The minimum absolute atomic E-state index is 0.370. The van der Waals surface area contributed by atoms with Crippen LogP contribution in [0.4, 0.5) is 0 Å². The topological polar surface area (TPSA) is 54.4 Å². The Morgan fingerprint density at radius 2 is 1.90 bits per heavy atom. The van der Waals surface area contributed by atoms with Crippen LogP contribution in [0, 0.1) is 0 Å². The Morgan fingerprint density at radius 1 is 1.40 bits per heavy atom. The lowest BCUT2D eigenvalue weighted by atomic mass is 10.2. The van der Waals surface area contributed by atoms with E-state index < -0.39 is 15.4 Å². The van der Waals surface area contributed by atoms with Crippen LogP contribution in [-0.4, -0.2) is 18.2 Å². The molecule has 0 unspecified atom stereocenters. The number of allylic oxidation sites excluding steroid dienone is 1. The zero-order chi connectivity index (χ0) is 7.61. The van der Waals surface area contributed by atoms with E-state index in [1.165, 1.54) is 0 Å². The third-order valence-electron chi connectivity index (χ3n) is 1.42. The van der Waals surface area contributed by atoms with Gasteiger partial charge in [-0.3, -0.25) is 4.55 Å². The van der Waals surface area contributed by atoms with Gasteiger partial charge in [0, 0.05) is 0 Å². The summed E-state index contributed by atoms with van der Waals surface area (Å²) in [5.74, 6) is 0. The fraction of sp³-hybridized carbons (Fsp3) is 0.500. The summed E-state index contributed by atoms with van der Waals surface area (Å²) in [5.41, 5.74) is 2.76. The SMILES string of the molecule is O=S(=O)(O)C1CC=C=CC1. The number of hydrogen-bond donors (Lipinski definition) is 1. The van der Waals surface area contributed by atoms with Gasteiger partial charge in [0.15, 0.2) is 0 Å². The zero-order valence-corrected chi connectivity index (χ0v) is 6.13. The van der Waals surface area contributed by atoms with Crippen LogP contribution in [0.2, 0.25) is 0 Å². The molecule has 0 aromatic rings. The second-order valence-corrected chi connectivity index (χ2v) is 3.88. The highest BCUT2D eigenvalue weighted by Gasteiger charge is 2.20. The molecule has 56 valence electrons. The average Bonchev–Trinajstić information content (AvgIpc) is 1.88. The Hall–Kier alpha value is -0.570. The lowest BCUT2D eigenvalue weighted by molar-refractivity contribution is 0.466. The van der Waals surface area contributed by atoms with Gasteiger partial charge in [-0.15, -0.1) is 5.73 Å². The van der Waals surface area contributed by atoms with E-state index >= 15 is 0 Å². The predicted molar refractivity (Wildman–Crippen MR) is 37.2 cm³/mol. The van der Waals surface area contributed by atoms with Gasteiger partial charge in [0.25, 0.3) is 10.1 Å². The van der Waals surface area contributed by atoms with Crippen molar-refractivity contribution in [2.45, 2.75) is 18.1 Å². The third kappa shape index (κ3) is 1.70. The Balaban J connectivity index is 2.74. The molecule has 0 bridgehead atoms. The van der Waals surface area contributed by atoms with E-state index in [9.17, 15) is 8.42 Å². The van der Waals surface area contributed by atoms with Crippen molar-refractivity contribution >= 4 is 10.1 Å². The Bertz CT molecular complexity index is 259. The maximum absolute atomic E-state index is 10.5. The van der Waals surface area contributed by atoms with Crippen molar-refractivity contribution in [3.63, 3.8) is 0 Å². The molecular weight excluding hydrogens is 152 g/mol. The highest BCUT2D eigenvalue weighted by molar-refractivity contribution is 7.86. The van der Waals surface area contributed by atoms with E-state index in [0.717, 1.165) is 0 Å². The van der Waals surface area contributed by atoms with E-state index in [4.69, 9.17) is 4.55 Å². The molecule has 0 aromatic heterocycles. The summed E-state index contributed by atoms with van der Waals surface area (Å²) in [6.07, 6.45) is 3.97. The van der Waals surface area contributed by atoms with Crippen molar-refractivity contribution in [3.05, 3.63) is 17.9 Å². The first-order valence-corrected chi connectivity index (χ1v) is 4.47. The highest BCUT2D eigenvalue weighted by atomic mass is 32.2. The fourth-order valence-corrected chi connectivity index (χ4v) is 1.50. The molecule has 1 N–H and O–H groups in total. The summed E-state index contributed by atoms with van der Waals surface area (Å²) in [5, 5.41) is -0.645. The molecule has 0 fully saturated rings. The van der Waals surface area contributed by atoms with Crippen molar-refractivity contribution in [1.82, 2.24) is 0 Å². The van der Waals surface area contributed by atoms with Crippen LogP contribution in [0.25, 0.3) is 0 Å². The van der Waals surface area contributed by atoms with Crippen molar-refractivity contribution in [3.8, 4) is 0 Å². The summed E-state index contributed by atoms with van der Waals surface area (Å²) < 4.78 is 29.5. The second-order valence-electron chi connectivity index (χ2n) is 2.18. The molecule has 0 atom stereocenters. The maximum atomic E-state index is 10.5. The van der Waals surface area contributed by atoms with E-state index in [-0.39, 0.29) is 0 Å². The number of rotatable bonds is 1. The van der Waals surface area contributed by atoms with Gasteiger partial charge in [-0.25, -0.2) is 0 Å². The molecule has 0 saturated heterocycles. The van der Waals surface area contributed by atoms with Gasteiger partial charge in [0.05, 0.1) is 5.25 Å². The molecule has 10 heavy (non-hydrogen) atoms. The molecule has 0 radical (unpaired) electrons. The largest absolute Gasteiger partial charge is 0.285 e. The minimum Gasteiger partial charge on any atom is -0.285 e. The lowest BCUT2D eigenvalue weighted by Crippen LogP contribution is -2.19. The standard InChI is InChI=1S/C6H8O3S/c7-10(8,9)6-4-2-1-3-5-6/h2-3,6H,4-5H2,(H,7,8,9). The lowest BCUT2D eigenvalue weighted by Gasteiger charge is -2.09. The van der Waals surface area contributed by atoms with E-state index in [2.05, 4.69) is 5.73 Å². The average molecular weight is 160 g/mol.